The molecular formula is C26H20Cl2O2. The van der Waals surface area contributed by atoms with Crippen LogP contribution in [0.25, 0.3) is 0 Å². The fourth-order valence-corrected chi connectivity index (χ4v) is 4.16. The van der Waals surface area contributed by atoms with Gasteiger partial charge in [0.25, 0.3) is 0 Å². The van der Waals surface area contributed by atoms with Gasteiger partial charge in [-0.1, -0.05) is 108 Å². The number of aliphatic hydroxyl groups is 2. The third-order valence-corrected chi connectivity index (χ3v) is 5.93. The Labute approximate surface area is 186 Å². The van der Waals surface area contributed by atoms with Crippen LogP contribution in [-0.4, -0.2) is 10.2 Å². The third-order valence-electron chi connectivity index (χ3n) is 5.43. The highest BCUT2D eigenvalue weighted by Crippen LogP contribution is 2.49. The number of hydrogen-bond donors (Lipinski definition) is 2. The Morgan fingerprint density at radius 1 is 0.400 bits per heavy atom. The Kier molecular flexibility index (Phi) is 5.68. The molecule has 0 unspecified atom stereocenters. The van der Waals surface area contributed by atoms with Crippen LogP contribution in [0.2, 0.25) is 10.0 Å². The molecular weight excluding hydrogens is 415 g/mol. The first-order chi connectivity index (χ1) is 14.5. The molecule has 0 spiro atoms. The molecule has 0 aliphatic carbocycles. The van der Waals surface area contributed by atoms with Crippen molar-refractivity contribution in [3.05, 3.63) is 141 Å². The summed E-state index contributed by atoms with van der Waals surface area (Å²) in [6.07, 6.45) is 0. The second-order valence-corrected chi connectivity index (χ2v) is 8.04. The molecule has 0 amide bonds. The van der Waals surface area contributed by atoms with Crippen LogP contribution in [0.15, 0.2) is 109 Å². The maximum atomic E-state index is 12.4. The molecule has 0 aliphatic rings. The van der Waals surface area contributed by atoms with Crippen LogP contribution in [0, 0.1) is 0 Å². The van der Waals surface area contributed by atoms with Crippen molar-refractivity contribution in [1.82, 2.24) is 0 Å². The normalized spacial score (nSPS) is 15.2. The molecule has 0 saturated carbocycles. The summed E-state index contributed by atoms with van der Waals surface area (Å²) in [4.78, 5) is 0. The fraction of sp³-hybridized carbons (Fsp3) is 0.0769. The van der Waals surface area contributed by atoms with Gasteiger partial charge in [0.2, 0.25) is 0 Å². The molecule has 2 atom stereocenters. The smallest absolute Gasteiger partial charge is 0.152 e. The van der Waals surface area contributed by atoms with E-state index in [0.29, 0.717) is 32.3 Å². The van der Waals surface area contributed by atoms with Crippen LogP contribution in [0.5, 0.6) is 0 Å². The van der Waals surface area contributed by atoms with Gasteiger partial charge in [-0.2, -0.15) is 0 Å². The van der Waals surface area contributed by atoms with E-state index in [1.54, 1.807) is 72.8 Å². The third kappa shape index (κ3) is 3.42. The van der Waals surface area contributed by atoms with Gasteiger partial charge in [0.05, 0.1) is 0 Å². The first-order valence-corrected chi connectivity index (χ1v) is 10.3. The molecule has 0 aromatic heterocycles. The lowest BCUT2D eigenvalue weighted by Gasteiger charge is -2.45. The maximum absolute atomic E-state index is 12.4. The van der Waals surface area contributed by atoms with Gasteiger partial charge < -0.3 is 10.2 Å². The van der Waals surface area contributed by atoms with Gasteiger partial charge in [-0.25, -0.2) is 0 Å². The highest BCUT2D eigenvalue weighted by Gasteiger charge is 2.54. The lowest BCUT2D eigenvalue weighted by atomic mass is 9.66. The van der Waals surface area contributed by atoms with Crippen LogP contribution >= 0.6 is 23.2 Å². The molecule has 2 nitrogen and oxygen atoms in total. The van der Waals surface area contributed by atoms with Crippen LogP contribution < -0.4 is 0 Å². The topological polar surface area (TPSA) is 40.5 Å². The van der Waals surface area contributed by atoms with Crippen molar-refractivity contribution in [2.24, 2.45) is 0 Å². The monoisotopic (exact) mass is 434 g/mol. The lowest BCUT2D eigenvalue weighted by molar-refractivity contribution is -0.113. The van der Waals surface area contributed by atoms with Crippen molar-refractivity contribution < 1.29 is 10.2 Å². The zero-order valence-corrected chi connectivity index (χ0v) is 17.6. The zero-order valence-electron chi connectivity index (χ0n) is 16.0. The second-order valence-electron chi connectivity index (χ2n) is 7.17. The van der Waals surface area contributed by atoms with Crippen LogP contribution in [0.1, 0.15) is 22.3 Å². The quantitative estimate of drug-likeness (QED) is 0.394. The summed E-state index contributed by atoms with van der Waals surface area (Å²) in [5, 5.41) is 25.9. The van der Waals surface area contributed by atoms with E-state index in [2.05, 4.69) is 0 Å². The summed E-state index contributed by atoms with van der Waals surface area (Å²) in [7, 11) is 0. The largest absolute Gasteiger partial charge is 0.377 e. The summed E-state index contributed by atoms with van der Waals surface area (Å²) < 4.78 is 0. The van der Waals surface area contributed by atoms with E-state index < -0.39 is 11.2 Å². The predicted molar refractivity (Wildman–Crippen MR) is 122 cm³/mol. The highest BCUT2D eigenvalue weighted by atomic mass is 35.5. The Morgan fingerprint density at radius 2 is 0.667 bits per heavy atom. The first kappa shape index (κ1) is 20.6. The minimum Gasteiger partial charge on any atom is -0.377 e. The Morgan fingerprint density at radius 3 is 0.967 bits per heavy atom. The Balaban J connectivity index is 2.08. The lowest BCUT2D eigenvalue weighted by Crippen LogP contribution is -2.51. The molecule has 30 heavy (non-hydrogen) atoms. The SMILES string of the molecule is O[C@@](c1ccccc1)(c1ccc(Cl)cc1)[C@](O)(c1ccccc1)c1ccc(Cl)cc1. The molecule has 4 heteroatoms. The zero-order chi connectivity index (χ0) is 21.2. The number of rotatable bonds is 5. The van der Waals surface area contributed by atoms with E-state index >= 15 is 0 Å². The molecule has 0 bridgehead atoms. The van der Waals surface area contributed by atoms with Crippen LogP contribution in [0.3, 0.4) is 0 Å². The van der Waals surface area contributed by atoms with E-state index in [1.165, 1.54) is 0 Å². The molecule has 4 aromatic carbocycles. The Hall–Kier alpha value is -2.62. The van der Waals surface area contributed by atoms with E-state index in [0.717, 1.165) is 0 Å². The van der Waals surface area contributed by atoms with Gasteiger partial charge in [0, 0.05) is 10.0 Å². The van der Waals surface area contributed by atoms with Crippen molar-refractivity contribution >= 4 is 23.2 Å². The minimum atomic E-state index is -1.81. The van der Waals surface area contributed by atoms with Gasteiger partial charge in [0.15, 0.2) is 11.2 Å². The standard InChI is InChI=1S/C26H20Cl2O2/c27-23-15-11-21(12-16-23)25(29,19-7-3-1-4-8-19)26(30,20-9-5-2-6-10-20)22-13-17-24(28)18-14-22/h1-18,29-30H/t25-,26-/m0/s1. The molecule has 150 valence electrons. The number of halogens is 2. The van der Waals surface area contributed by atoms with Gasteiger partial charge >= 0.3 is 0 Å². The first-order valence-electron chi connectivity index (χ1n) is 9.54. The molecule has 0 radical (unpaired) electrons. The average Bonchev–Trinajstić information content (AvgIpc) is 2.80. The van der Waals surface area contributed by atoms with Gasteiger partial charge in [0.1, 0.15) is 0 Å². The molecule has 0 saturated heterocycles. The molecule has 4 rings (SSSR count). The van der Waals surface area contributed by atoms with Crippen molar-refractivity contribution in [2.75, 3.05) is 0 Å². The van der Waals surface area contributed by atoms with Crippen molar-refractivity contribution in [3.63, 3.8) is 0 Å². The summed E-state index contributed by atoms with van der Waals surface area (Å²) in [6, 6.07) is 32.1. The number of hydrogen-bond acceptors (Lipinski definition) is 2. The minimum absolute atomic E-state index is 0.513. The van der Waals surface area contributed by atoms with E-state index in [9.17, 15) is 10.2 Å². The second kappa shape index (κ2) is 8.25. The summed E-state index contributed by atoms with van der Waals surface area (Å²) in [5.74, 6) is 0. The maximum Gasteiger partial charge on any atom is 0.152 e. The summed E-state index contributed by atoms with van der Waals surface area (Å²) in [6.45, 7) is 0. The van der Waals surface area contributed by atoms with E-state index in [-0.39, 0.29) is 0 Å². The fourth-order valence-electron chi connectivity index (χ4n) is 3.91. The molecule has 0 fully saturated rings. The Bertz CT molecular complexity index is 1020. The van der Waals surface area contributed by atoms with Crippen LogP contribution in [0.4, 0.5) is 0 Å². The molecule has 0 aliphatic heterocycles. The van der Waals surface area contributed by atoms with Crippen molar-refractivity contribution in [2.45, 2.75) is 11.2 Å². The summed E-state index contributed by atoms with van der Waals surface area (Å²) in [5.41, 5.74) is -1.50. The van der Waals surface area contributed by atoms with Gasteiger partial charge in [-0.15, -0.1) is 0 Å². The van der Waals surface area contributed by atoms with E-state index in [4.69, 9.17) is 23.2 Å². The average molecular weight is 435 g/mol. The number of benzene rings is 4. The van der Waals surface area contributed by atoms with Gasteiger partial charge in [-0.3, -0.25) is 0 Å². The summed E-state index contributed by atoms with van der Waals surface area (Å²) >= 11 is 12.2. The molecule has 0 heterocycles. The van der Waals surface area contributed by atoms with Gasteiger partial charge in [-0.05, 0) is 46.5 Å². The molecule has 4 aromatic rings. The van der Waals surface area contributed by atoms with E-state index in [1.807, 2.05) is 36.4 Å². The van der Waals surface area contributed by atoms with Crippen LogP contribution in [-0.2, 0) is 11.2 Å². The van der Waals surface area contributed by atoms with Crippen molar-refractivity contribution in [3.8, 4) is 0 Å². The van der Waals surface area contributed by atoms with Crippen molar-refractivity contribution in [1.29, 1.82) is 0 Å². The highest BCUT2D eigenvalue weighted by molar-refractivity contribution is 6.30. The predicted octanol–water partition coefficient (Wildman–Crippen LogP) is 6.17. The molecule has 2 N–H and O–H groups in total.